The van der Waals surface area contributed by atoms with Crippen LogP contribution >= 0.6 is 0 Å². The van der Waals surface area contributed by atoms with Gasteiger partial charge < -0.3 is 5.32 Å². The van der Waals surface area contributed by atoms with Gasteiger partial charge in [-0.2, -0.15) is 0 Å². The van der Waals surface area contributed by atoms with Gasteiger partial charge in [0.2, 0.25) is 0 Å². The van der Waals surface area contributed by atoms with E-state index < -0.39 is 0 Å². The van der Waals surface area contributed by atoms with E-state index in [9.17, 15) is 4.39 Å². The molecule has 1 N–H and O–H groups in total. The highest BCUT2D eigenvalue weighted by molar-refractivity contribution is 5.24. The van der Waals surface area contributed by atoms with Gasteiger partial charge >= 0.3 is 0 Å². The summed E-state index contributed by atoms with van der Waals surface area (Å²) in [6.07, 6.45) is 3.74. The maximum Gasteiger partial charge on any atom is 0.123 e. The zero-order valence-electron chi connectivity index (χ0n) is 12.4. The minimum absolute atomic E-state index is 0.142. The predicted octanol–water partition coefficient (Wildman–Crippen LogP) is 4.35. The molecule has 0 saturated carbocycles. The molecule has 2 heteroatoms. The smallest absolute Gasteiger partial charge is 0.123 e. The Balaban J connectivity index is 2.17. The molecule has 1 aliphatic rings. The fourth-order valence-corrected chi connectivity index (χ4v) is 3.17. The second kappa shape index (κ2) is 6.04. The van der Waals surface area contributed by atoms with Crippen molar-refractivity contribution in [1.29, 1.82) is 0 Å². The molecule has 1 saturated heterocycles. The number of nitrogens with one attached hydrogen (secondary N) is 1. The van der Waals surface area contributed by atoms with Crippen molar-refractivity contribution in [2.24, 2.45) is 11.3 Å². The lowest BCUT2D eigenvalue weighted by atomic mass is 9.66. The number of halogens is 1. The molecule has 2 unspecified atom stereocenters. The number of benzene rings is 1. The van der Waals surface area contributed by atoms with E-state index in [0.717, 1.165) is 19.0 Å². The van der Waals surface area contributed by atoms with E-state index in [1.807, 2.05) is 12.1 Å². The lowest BCUT2D eigenvalue weighted by molar-refractivity contribution is 0.161. The standard InChI is InChI=1S/C17H26FN/c1-13(2)8-9-17(3)10-11-19-12-16(17)14-4-6-15(18)7-5-14/h4-7,13,16,19H,8-12H2,1-3H3. The van der Waals surface area contributed by atoms with Crippen LogP contribution in [-0.2, 0) is 0 Å². The topological polar surface area (TPSA) is 12.0 Å². The first-order valence-corrected chi connectivity index (χ1v) is 7.47. The normalized spacial score (nSPS) is 27.7. The van der Waals surface area contributed by atoms with Crippen LogP contribution in [0.4, 0.5) is 4.39 Å². The van der Waals surface area contributed by atoms with E-state index in [2.05, 4.69) is 26.1 Å². The highest BCUT2D eigenvalue weighted by atomic mass is 19.1. The van der Waals surface area contributed by atoms with Crippen molar-refractivity contribution in [2.75, 3.05) is 13.1 Å². The monoisotopic (exact) mass is 263 g/mol. The Morgan fingerprint density at radius 3 is 2.63 bits per heavy atom. The van der Waals surface area contributed by atoms with Gasteiger partial charge in [-0.1, -0.05) is 39.3 Å². The molecule has 1 nitrogen and oxygen atoms in total. The molecule has 106 valence electrons. The number of hydrogen-bond acceptors (Lipinski definition) is 1. The molecule has 0 spiro atoms. The number of hydrogen-bond donors (Lipinski definition) is 1. The van der Waals surface area contributed by atoms with Crippen LogP contribution in [0.2, 0.25) is 0 Å². The minimum atomic E-state index is -0.142. The van der Waals surface area contributed by atoms with Crippen LogP contribution in [-0.4, -0.2) is 13.1 Å². The van der Waals surface area contributed by atoms with Gasteiger partial charge in [-0.05, 0) is 48.4 Å². The van der Waals surface area contributed by atoms with Gasteiger partial charge in [-0.3, -0.25) is 0 Å². The molecule has 1 fully saturated rings. The molecule has 0 radical (unpaired) electrons. The van der Waals surface area contributed by atoms with Crippen molar-refractivity contribution in [3.63, 3.8) is 0 Å². The molecule has 1 aromatic rings. The van der Waals surface area contributed by atoms with Gasteiger partial charge in [-0.15, -0.1) is 0 Å². The minimum Gasteiger partial charge on any atom is -0.316 e. The van der Waals surface area contributed by atoms with Crippen LogP contribution < -0.4 is 5.32 Å². The Labute approximate surface area is 116 Å². The Bertz CT molecular complexity index is 398. The summed E-state index contributed by atoms with van der Waals surface area (Å²) in [6.45, 7) is 9.10. The third kappa shape index (κ3) is 3.56. The Hall–Kier alpha value is -0.890. The second-order valence-corrected chi connectivity index (χ2v) is 6.64. The molecule has 0 amide bonds. The second-order valence-electron chi connectivity index (χ2n) is 6.64. The maximum absolute atomic E-state index is 13.1. The molecule has 2 atom stereocenters. The van der Waals surface area contributed by atoms with Gasteiger partial charge in [0.05, 0.1) is 0 Å². The lowest BCUT2D eigenvalue weighted by Gasteiger charge is -2.43. The lowest BCUT2D eigenvalue weighted by Crippen LogP contribution is -2.42. The van der Waals surface area contributed by atoms with Gasteiger partial charge in [0.25, 0.3) is 0 Å². The van der Waals surface area contributed by atoms with Gasteiger partial charge in [-0.25, -0.2) is 4.39 Å². The molecule has 19 heavy (non-hydrogen) atoms. The van der Waals surface area contributed by atoms with E-state index >= 15 is 0 Å². The molecule has 0 aliphatic carbocycles. The summed E-state index contributed by atoms with van der Waals surface area (Å²) < 4.78 is 13.1. The van der Waals surface area contributed by atoms with Gasteiger partial charge in [0, 0.05) is 12.5 Å². The summed E-state index contributed by atoms with van der Waals surface area (Å²) in [6, 6.07) is 7.10. The number of piperidine rings is 1. The first-order chi connectivity index (χ1) is 9.01. The van der Waals surface area contributed by atoms with Gasteiger partial charge in [0.1, 0.15) is 5.82 Å². The average molecular weight is 263 g/mol. The van der Waals surface area contributed by atoms with Crippen molar-refractivity contribution in [3.8, 4) is 0 Å². The highest BCUT2D eigenvalue weighted by Crippen LogP contribution is 2.44. The predicted molar refractivity (Wildman–Crippen MR) is 78.8 cm³/mol. The van der Waals surface area contributed by atoms with Crippen LogP contribution in [0.5, 0.6) is 0 Å². The first-order valence-electron chi connectivity index (χ1n) is 7.47. The summed E-state index contributed by atoms with van der Waals surface area (Å²) >= 11 is 0. The Morgan fingerprint density at radius 1 is 1.32 bits per heavy atom. The third-order valence-corrected chi connectivity index (χ3v) is 4.63. The van der Waals surface area contributed by atoms with Crippen molar-refractivity contribution < 1.29 is 4.39 Å². The Kier molecular flexibility index (Phi) is 4.62. The zero-order chi connectivity index (χ0) is 13.9. The highest BCUT2D eigenvalue weighted by Gasteiger charge is 2.36. The van der Waals surface area contributed by atoms with Crippen molar-refractivity contribution in [2.45, 2.75) is 46.0 Å². The van der Waals surface area contributed by atoms with E-state index in [1.165, 1.54) is 24.8 Å². The van der Waals surface area contributed by atoms with E-state index in [0.29, 0.717) is 11.3 Å². The molecule has 1 aliphatic heterocycles. The summed E-state index contributed by atoms with van der Waals surface area (Å²) in [5.74, 6) is 1.11. The fourth-order valence-electron chi connectivity index (χ4n) is 3.17. The van der Waals surface area contributed by atoms with Gasteiger partial charge in [0.15, 0.2) is 0 Å². The first kappa shape index (κ1) is 14.5. The summed E-state index contributed by atoms with van der Waals surface area (Å²) in [5.41, 5.74) is 1.62. The van der Waals surface area contributed by atoms with Crippen molar-refractivity contribution in [1.82, 2.24) is 5.32 Å². The zero-order valence-corrected chi connectivity index (χ0v) is 12.4. The average Bonchev–Trinajstić information content (AvgIpc) is 2.38. The SMILES string of the molecule is CC(C)CCC1(C)CCNCC1c1ccc(F)cc1. The molecule has 1 aromatic carbocycles. The van der Waals surface area contributed by atoms with Crippen LogP contribution in [0.25, 0.3) is 0 Å². The van der Waals surface area contributed by atoms with Crippen LogP contribution in [0, 0.1) is 17.2 Å². The molecular weight excluding hydrogens is 237 g/mol. The molecule has 1 heterocycles. The van der Waals surface area contributed by atoms with E-state index in [4.69, 9.17) is 0 Å². The maximum atomic E-state index is 13.1. The fraction of sp³-hybridized carbons (Fsp3) is 0.647. The largest absolute Gasteiger partial charge is 0.316 e. The Morgan fingerprint density at radius 2 is 2.00 bits per heavy atom. The molecule has 2 rings (SSSR count). The van der Waals surface area contributed by atoms with Crippen LogP contribution in [0.15, 0.2) is 24.3 Å². The van der Waals surface area contributed by atoms with E-state index in [1.54, 1.807) is 12.1 Å². The summed E-state index contributed by atoms with van der Waals surface area (Å²) in [5, 5.41) is 3.50. The molecule has 0 bridgehead atoms. The van der Waals surface area contributed by atoms with Crippen LogP contribution in [0.1, 0.15) is 51.5 Å². The van der Waals surface area contributed by atoms with Crippen molar-refractivity contribution >= 4 is 0 Å². The number of rotatable bonds is 4. The van der Waals surface area contributed by atoms with E-state index in [-0.39, 0.29) is 5.82 Å². The molecule has 0 aromatic heterocycles. The van der Waals surface area contributed by atoms with Crippen LogP contribution in [0.3, 0.4) is 0 Å². The summed E-state index contributed by atoms with van der Waals surface area (Å²) in [4.78, 5) is 0. The molecular formula is C17H26FN. The van der Waals surface area contributed by atoms with Crippen molar-refractivity contribution in [3.05, 3.63) is 35.6 Å². The quantitative estimate of drug-likeness (QED) is 0.852. The summed E-state index contributed by atoms with van der Waals surface area (Å²) in [7, 11) is 0. The third-order valence-electron chi connectivity index (χ3n) is 4.63.